The Morgan fingerprint density at radius 2 is 2.29 bits per heavy atom. The van der Waals surface area contributed by atoms with E-state index in [0.717, 1.165) is 5.56 Å². The molecule has 2 rings (SSSR count). The molecule has 0 aromatic carbocycles. The van der Waals surface area contributed by atoms with Gasteiger partial charge in [-0.25, -0.2) is 0 Å². The smallest absolute Gasteiger partial charge is 0.229 e. The van der Waals surface area contributed by atoms with Gasteiger partial charge in [-0.1, -0.05) is 12.1 Å². The fourth-order valence-electron chi connectivity index (χ4n) is 1.45. The summed E-state index contributed by atoms with van der Waals surface area (Å²) in [5.41, 5.74) is 1.78. The average molecular weight is 233 g/mol. The molecule has 0 saturated heterocycles. The van der Waals surface area contributed by atoms with Crippen LogP contribution in [-0.2, 0) is 6.42 Å². The fraction of sp³-hybridized carbons (Fsp3) is 0.417. The van der Waals surface area contributed by atoms with Gasteiger partial charge < -0.3 is 9.63 Å². The molecule has 5 nitrogen and oxygen atoms in total. The first kappa shape index (κ1) is 11.7. The van der Waals surface area contributed by atoms with Crippen LogP contribution in [-0.4, -0.2) is 26.3 Å². The zero-order valence-electron chi connectivity index (χ0n) is 9.92. The van der Waals surface area contributed by atoms with Crippen LogP contribution in [0.15, 0.2) is 22.9 Å². The minimum Gasteiger partial charge on any atom is -0.393 e. The molecule has 1 atom stereocenters. The number of aryl methyl sites for hydroxylation is 1. The largest absolute Gasteiger partial charge is 0.393 e. The Morgan fingerprint density at radius 1 is 1.47 bits per heavy atom. The highest BCUT2D eigenvalue weighted by Gasteiger charge is 2.12. The normalized spacial score (nSPS) is 12.6. The Bertz CT molecular complexity index is 496. The van der Waals surface area contributed by atoms with E-state index in [1.54, 1.807) is 6.20 Å². The molecule has 2 aromatic rings. The van der Waals surface area contributed by atoms with Gasteiger partial charge in [0.2, 0.25) is 11.7 Å². The van der Waals surface area contributed by atoms with E-state index in [1.807, 2.05) is 26.0 Å². The zero-order valence-corrected chi connectivity index (χ0v) is 9.92. The highest BCUT2D eigenvalue weighted by Crippen LogP contribution is 2.14. The Kier molecular flexibility index (Phi) is 3.49. The lowest BCUT2D eigenvalue weighted by Gasteiger charge is -2.01. The van der Waals surface area contributed by atoms with Crippen LogP contribution in [0.25, 0.3) is 11.5 Å². The number of rotatable bonds is 4. The number of aliphatic hydroxyl groups is 1. The van der Waals surface area contributed by atoms with Gasteiger partial charge in [-0.3, -0.25) is 4.98 Å². The van der Waals surface area contributed by atoms with Crippen molar-refractivity contribution in [1.29, 1.82) is 0 Å². The predicted molar refractivity (Wildman–Crippen MR) is 62.3 cm³/mol. The third-order valence-electron chi connectivity index (χ3n) is 2.49. The summed E-state index contributed by atoms with van der Waals surface area (Å²) in [7, 11) is 0. The summed E-state index contributed by atoms with van der Waals surface area (Å²) in [5, 5.41) is 13.3. The first-order valence-corrected chi connectivity index (χ1v) is 5.62. The first-order valence-electron chi connectivity index (χ1n) is 5.62. The van der Waals surface area contributed by atoms with Crippen LogP contribution in [0.1, 0.15) is 24.8 Å². The number of nitrogens with zero attached hydrogens (tertiary/aromatic N) is 3. The van der Waals surface area contributed by atoms with Crippen molar-refractivity contribution in [3.8, 4) is 11.5 Å². The van der Waals surface area contributed by atoms with Crippen LogP contribution in [0.2, 0.25) is 0 Å². The minimum atomic E-state index is -0.436. The summed E-state index contributed by atoms with van der Waals surface area (Å²) < 4.78 is 5.07. The molecular weight excluding hydrogens is 218 g/mol. The predicted octanol–water partition coefficient (Wildman–Crippen LogP) is 1.75. The molecule has 2 aromatic heterocycles. The first-order chi connectivity index (χ1) is 8.19. The van der Waals surface area contributed by atoms with E-state index in [9.17, 15) is 5.11 Å². The Hall–Kier alpha value is -1.75. The number of aliphatic hydroxyl groups excluding tert-OH is 1. The number of hydrogen-bond acceptors (Lipinski definition) is 5. The van der Waals surface area contributed by atoms with Gasteiger partial charge in [-0.2, -0.15) is 4.98 Å². The van der Waals surface area contributed by atoms with Gasteiger partial charge in [-0.15, -0.1) is 0 Å². The lowest BCUT2D eigenvalue weighted by molar-refractivity contribution is 0.158. The molecule has 0 bridgehead atoms. The van der Waals surface area contributed by atoms with E-state index in [4.69, 9.17) is 4.52 Å². The second kappa shape index (κ2) is 5.05. The zero-order chi connectivity index (χ0) is 12.3. The van der Waals surface area contributed by atoms with Crippen LogP contribution in [0.5, 0.6) is 0 Å². The fourth-order valence-corrected chi connectivity index (χ4v) is 1.45. The monoisotopic (exact) mass is 233 g/mol. The molecule has 17 heavy (non-hydrogen) atoms. The van der Waals surface area contributed by atoms with Gasteiger partial charge >= 0.3 is 0 Å². The van der Waals surface area contributed by atoms with E-state index in [1.165, 1.54) is 0 Å². The molecule has 90 valence electrons. The van der Waals surface area contributed by atoms with Crippen molar-refractivity contribution >= 4 is 0 Å². The van der Waals surface area contributed by atoms with E-state index < -0.39 is 6.10 Å². The van der Waals surface area contributed by atoms with Crippen molar-refractivity contribution < 1.29 is 9.63 Å². The molecule has 0 radical (unpaired) electrons. The van der Waals surface area contributed by atoms with Crippen molar-refractivity contribution in [1.82, 2.24) is 15.1 Å². The summed E-state index contributed by atoms with van der Waals surface area (Å²) in [6.07, 6.45) is 2.32. The van der Waals surface area contributed by atoms with Crippen molar-refractivity contribution in [2.45, 2.75) is 32.8 Å². The second-order valence-electron chi connectivity index (χ2n) is 4.00. The molecule has 1 N–H and O–H groups in total. The maximum Gasteiger partial charge on any atom is 0.229 e. The van der Waals surface area contributed by atoms with E-state index >= 15 is 0 Å². The molecule has 5 heteroatoms. The molecule has 0 fully saturated rings. The molecule has 0 saturated carbocycles. The molecule has 0 aliphatic carbocycles. The van der Waals surface area contributed by atoms with Gasteiger partial charge in [0.05, 0.1) is 12.5 Å². The summed E-state index contributed by atoms with van der Waals surface area (Å²) in [6, 6.07) is 3.80. The maximum atomic E-state index is 9.49. The Morgan fingerprint density at radius 3 is 3.00 bits per heavy atom. The van der Waals surface area contributed by atoms with Gasteiger partial charge in [0.15, 0.2) is 0 Å². The Labute approximate surface area is 99.5 Å². The number of hydrogen-bond donors (Lipinski definition) is 1. The van der Waals surface area contributed by atoms with Crippen LogP contribution in [0.4, 0.5) is 0 Å². The average Bonchev–Trinajstić information content (AvgIpc) is 2.77. The quantitative estimate of drug-likeness (QED) is 0.871. The van der Waals surface area contributed by atoms with Crippen LogP contribution >= 0.6 is 0 Å². The number of pyridine rings is 1. The standard InChI is InChI=1S/C12H15N3O2/c1-3-9(16)7-11-14-12(15-17-11)10-6-8(2)4-5-13-10/h4-6,9,16H,3,7H2,1-2H3. The molecule has 0 aliphatic rings. The molecule has 0 amide bonds. The third-order valence-corrected chi connectivity index (χ3v) is 2.49. The van der Waals surface area contributed by atoms with Crippen molar-refractivity contribution in [3.05, 3.63) is 29.8 Å². The van der Waals surface area contributed by atoms with Crippen LogP contribution in [0.3, 0.4) is 0 Å². The highest BCUT2D eigenvalue weighted by atomic mass is 16.5. The van der Waals surface area contributed by atoms with Crippen LogP contribution in [0, 0.1) is 6.92 Å². The van der Waals surface area contributed by atoms with Crippen molar-refractivity contribution in [3.63, 3.8) is 0 Å². The van der Waals surface area contributed by atoms with Gasteiger partial charge in [-0.05, 0) is 31.0 Å². The minimum absolute atomic E-state index is 0.384. The van der Waals surface area contributed by atoms with E-state index in [0.29, 0.717) is 30.3 Å². The van der Waals surface area contributed by atoms with Gasteiger partial charge in [0.25, 0.3) is 0 Å². The van der Waals surface area contributed by atoms with E-state index in [-0.39, 0.29) is 0 Å². The maximum absolute atomic E-state index is 9.49. The summed E-state index contributed by atoms with van der Waals surface area (Å²) in [6.45, 7) is 3.89. The van der Waals surface area contributed by atoms with Gasteiger partial charge in [0, 0.05) is 6.20 Å². The molecular formula is C12H15N3O2. The summed E-state index contributed by atoms with van der Waals surface area (Å²) >= 11 is 0. The summed E-state index contributed by atoms with van der Waals surface area (Å²) in [4.78, 5) is 8.38. The third kappa shape index (κ3) is 2.88. The van der Waals surface area contributed by atoms with Crippen LogP contribution < -0.4 is 0 Å². The lowest BCUT2D eigenvalue weighted by Crippen LogP contribution is -2.08. The SMILES string of the molecule is CCC(O)Cc1nc(-c2cc(C)ccn2)no1. The lowest BCUT2D eigenvalue weighted by atomic mass is 10.2. The molecule has 0 spiro atoms. The topological polar surface area (TPSA) is 72.0 Å². The van der Waals surface area contributed by atoms with Gasteiger partial charge in [0.1, 0.15) is 5.69 Å². The molecule has 2 heterocycles. The Balaban J connectivity index is 2.18. The molecule has 0 aliphatic heterocycles. The highest BCUT2D eigenvalue weighted by molar-refractivity contribution is 5.48. The van der Waals surface area contributed by atoms with E-state index in [2.05, 4.69) is 15.1 Å². The molecule has 1 unspecified atom stereocenters. The van der Waals surface area contributed by atoms with Crippen molar-refractivity contribution in [2.24, 2.45) is 0 Å². The summed E-state index contributed by atoms with van der Waals surface area (Å²) in [5.74, 6) is 0.907. The van der Waals surface area contributed by atoms with Crippen molar-refractivity contribution in [2.75, 3.05) is 0 Å². The second-order valence-corrected chi connectivity index (χ2v) is 4.00. The number of aromatic nitrogens is 3.